The van der Waals surface area contributed by atoms with Gasteiger partial charge in [-0.3, -0.25) is 4.98 Å². The summed E-state index contributed by atoms with van der Waals surface area (Å²) >= 11 is 1.47. The monoisotopic (exact) mass is 367 g/mol. The second-order valence-corrected chi connectivity index (χ2v) is 6.38. The van der Waals surface area contributed by atoms with Gasteiger partial charge in [0.25, 0.3) is 0 Å². The van der Waals surface area contributed by atoms with Crippen molar-refractivity contribution >= 4 is 22.3 Å². The summed E-state index contributed by atoms with van der Waals surface area (Å²) in [6.07, 6.45) is 5.00. The Labute approximate surface area is 155 Å². The summed E-state index contributed by atoms with van der Waals surface area (Å²) in [4.78, 5) is 12.6. The van der Waals surface area contributed by atoms with E-state index in [1.807, 2.05) is 19.1 Å². The minimum absolute atomic E-state index is 0.162. The van der Waals surface area contributed by atoms with Crippen LogP contribution >= 0.6 is 11.3 Å². The van der Waals surface area contributed by atoms with Crippen LogP contribution in [-0.4, -0.2) is 34.8 Å². The molecule has 7 nitrogen and oxygen atoms in total. The number of rotatable bonds is 7. The van der Waals surface area contributed by atoms with Crippen LogP contribution in [0.4, 0.5) is 10.9 Å². The quantitative estimate of drug-likeness (QED) is 0.681. The molecule has 1 aromatic carbocycles. The van der Waals surface area contributed by atoms with Gasteiger partial charge in [0, 0.05) is 25.1 Å². The lowest BCUT2D eigenvalue weighted by molar-refractivity contribution is 0.0919. The van der Waals surface area contributed by atoms with Gasteiger partial charge in [-0.2, -0.15) is 5.26 Å². The number of methoxy groups -OCH3 is 1. The molecule has 0 saturated carbocycles. The smallest absolute Gasteiger partial charge is 0.227 e. The molecule has 0 aliphatic carbocycles. The molecule has 2 heterocycles. The van der Waals surface area contributed by atoms with Crippen molar-refractivity contribution in [1.82, 2.24) is 15.0 Å². The Kier molecular flexibility index (Phi) is 5.73. The van der Waals surface area contributed by atoms with E-state index in [9.17, 15) is 5.26 Å². The van der Waals surface area contributed by atoms with Gasteiger partial charge in [-0.15, -0.1) is 11.3 Å². The minimum Gasteiger partial charge on any atom is -0.487 e. The first kappa shape index (κ1) is 17.8. The van der Waals surface area contributed by atoms with Crippen LogP contribution < -0.4 is 10.1 Å². The van der Waals surface area contributed by atoms with E-state index in [1.54, 1.807) is 37.3 Å². The van der Waals surface area contributed by atoms with E-state index in [2.05, 4.69) is 26.3 Å². The van der Waals surface area contributed by atoms with Gasteiger partial charge < -0.3 is 14.8 Å². The maximum Gasteiger partial charge on any atom is 0.227 e. The predicted molar refractivity (Wildman–Crippen MR) is 99.5 cm³/mol. The number of nitrogens with zero attached hydrogens (tertiary/aromatic N) is 4. The number of hydrogen-bond acceptors (Lipinski definition) is 8. The van der Waals surface area contributed by atoms with Crippen molar-refractivity contribution in [2.45, 2.75) is 13.0 Å². The fraction of sp³-hybridized carbons (Fsp3) is 0.222. The lowest BCUT2D eigenvalue weighted by Gasteiger charge is -2.15. The molecule has 26 heavy (non-hydrogen) atoms. The zero-order valence-electron chi connectivity index (χ0n) is 14.3. The number of ether oxygens (including phenoxy) is 2. The van der Waals surface area contributed by atoms with Crippen molar-refractivity contribution < 1.29 is 9.47 Å². The molecule has 0 radical (unpaired) electrons. The topological polar surface area (TPSA) is 92.9 Å². The van der Waals surface area contributed by atoms with Gasteiger partial charge >= 0.3 is 0 Å². The van der Waals surface area contributed by atoms with E-state index in [0.29, 0.717) is 23.9 Å². The molecule has 3 aromatic rings. The van der Waals surface area contributed by atoms with E-state index in [0.717, 1.165) is 16.1 Å². The van der Waals surface area contributed by atoms with Gasteiger partial charge in [-0.05, 0) is 24.6 Å². The standard InChI is InChI=1S/C18H17N5O2S/c1-12(10-24-2)25-16-5-13(3-4-14(16)6-19)15-7-21-18(22-8-15)23-17-9-20-11-26-17/h3-5,7-9,11-12H,10H2,1-2H3,(H,21,22,23). The van der Waals surface area contributed by atoms with Crippen molar-refractivity contribution in [3.05, 3.63) is 47.9 Å². The highest BCUT2D eigenvalue weighted by Gasteiger charge is 2.11. The number of hydrogen-bond donors (Lipinski definition) is 1. The molecule has 1 atom stereocenters. The first-order valence-corrected chi connectivity index (χ1v) is 8.75. The number of nitriles is 1. The van der Waals surface area contributed by atoms with Crippen molar-refractivity contribution in [3.8, 4) is 22.9 Å². The van der Waals surface area contributed by atoms with Crippen LogP contribution in [-0.2, 0) is 4.74 Å². The first-order valence-electron chi connectivity index (χ1n) is 7.87. The van der Waals surface area contributed by atoms with Crippen LogP contribution in [0, 0.1) is 11.3 Å². The molecule has 0 aliphatic rings. The van der Waals surface area contributed by atoms with Crippen LogP contribution in [0.1, 0.15) is 12.5 Å². The summed E-state index contributed by atoms with van der Waals surface area (Å²) in [5, 5.41) is 13.2. The van der Waals surface area contributed by atoms with Crippen molar-refractivity contribution in [2.24, 2.45) is 0 Å². The molecular formula is C18H17N5O2S. The van der Waals surface area contributed by atoms with E-state index in [1.165, 1.54) is 11.3 Å². The highest BCUT2D eigenvalue weighted by molar-refractivity contribution is 7.13. The molecule has 8 heteroatoms. The van der Waals surface area contributed by atoms with Crippen LogP contribution in [0.2, 0.25) is 0 Å². The molecule has 0 fully saturated rings. The normalized spacial score (nSPS) is 11.6. The molecule has 0 spiro atoms. The van der Waals surface area contributed by atoms with Crippen LogP contribution in [0.25, 0.3) is 11.1 Å². The number of aromatic nitrogens is 3. The van der Waals surface area contributed by atoms with Crippen LogP contribution in [0.5, 0.6) is 5.75 Å². The number of benzene rings is 1. The second-order valence-electron chi connectivity index (χ2n) is 5.49. The summed E-state index contributed by atoms with van der Waals surface area (Å²) in [5.74, 6) is 1.01. The number of nitrogens with one attached hydrogen (secondary N) is 1. The molecule has 0 aliphatic heterocycles. The third-order valence-corrected chi connectivity index (χ3v) is 4.17. The molecule has 0 bridgehead atoms. The van der Waals surface area contributed by atoms with Crippen molar-refractivity contribution in [1.29, 1.82) is 5.26 Å². The Morgan fingerprint density at radius 2 is 2.04 bits per heavy atom. The van der Waals surface area contributed by atoms with Gasteiger partial charge in [0.2, 0.25) is 5.95 Å². The van der Waals surface area contributed by atoms with Gasteiger partial charge in [-0.1, -0.05) is 6.07 Å². The highest BCUT2D eigenvalue weighted by Crippen LogP contribution is 2.28. The molecule has 132 valence electrons. The summed E-state index contributed by atoms with van der Waals surface area (Å²) < 4.78 is 10.9. The highest BCUT2D eigenvalue weighted by atomic mass is 32.1. The average molecular weight is 367 g/mol. The van der Waals surface area contributed by atoms with E-state index < -0.39 is 0 Å². The lowest BCUT2D eigenvalue weighted by Crippen LogP contribution is -2.18. The summed E-state index contributed by atoms with van der Waals surface area (Å²) in [5.41, 5.74) is 3.90. The Morgan fingerprint density at radius 3 is 2.69 bits per heavy atom. The Bertz CT molecular complexity index is 891. The maximum atomic E-state index is 9.28. The minimum atomic E-state index is -0.162. The summed E-state index contributed by atoms with van der Waals surface area (Å²) in [6.45, 7) is 2.33. The predicted octanol–water partition coefficient (Wildman–Crippen LogP) is 3.63. The zero-order chi connectivity index (χ0) is 18.4. The molecular weight excluding hydrogens is 350 g/mol. The van der Waals surface area contributed by atoms with E-state index >= 15 is 0 Å². The Morgan fingerprint density at radius 1 is 1.23 bits per heavy atom. The number of anilines is 2. The van der Waals surface area contributed by atoms with Crippen LogP contribution in [0.15, 0.2) is 42.3 Å². The molecule has 1 N–H and O–H groups in total. The van der Waals surface area contributed by atoms with E-state index in [4.69, 9.17) is 9.47 Å². The maximum absolute atomic E-state index is 9.28. The molecule has 0 saturated heterocycles. The molecule has 1 unspecified atom stereocenters. The zero-order valence-corrected chi connectivity index (χ0v) is 15.2. The number of thiazole rings is 1. The fourth-order valence-electron chi connectivity index (χ4n) is 2.31. The van der Waals surface area contributed by atoms with E-state index in [-0.39, 0.29) is 6.10 Å². The van der Waals surface area contributed by atoms with Gasteiger partial charge in [0.05, 0.1) is 23.9 Å². The molecule has 2 aromatic heterocycles. The fourth-order valence-corrected chi connectivity index (χ4v) is 2.81. The lowest BCUT2D eigenvalue weighted by atomic mass is 10.1. The SMILES string of the molecule is COCC(C)Oc1cc(-c2cnc(Nc3cncs3)nc2)ccc1C#N. The average Bonchev–Trinajstić information content (AvgIpc) is 3.15. The van der Waals surface area contributed by atoms with Crippen molar-refractivity contribution in [2.75, 3.05) is 19.0 Å². The van der Waals surface area contributed by atoms with Crippen molar-refractivity contribution in [3.63, 3.8) is 0 Å². The Hall–Kier alpha value is -3.02. The summed E-state index contributed by atoms with van der Waals surface area (Å²) in [7, 11) is 1.61. The largest absolute Gasteiger partial charge is 0.487 e. The molecule has 3 rings (SSSR count). The first-order chi connectivity index (χ1) is 12.7. The second kappa shape index (κ2) is 8.38. The van der Waals surface area contributed by atoms with Gasteiger partial charge in [0.1, 0.15) is 22.9 Å². The van der Waals surface area contributed by atoms with Gasteiger partial charge in [-0.25, -0.2) is 9.97 Å². The van der Waals surface area contributed by atoms with Gasteiger partial charge in [0.15, 0.2) is 0 Å². The third kappa shape index (κ3) is 4.33. The molecule has 0 amide bonds. The Balaban J connectivity index is 1.81. The van der Waals surface area contributed by atoms with Crippen LogP contribution in [0.3, 0.4) is 0 Å². The third-order valence-electron chi connectivity index (χ3n) is 3.48. The summed E-state index contributed by atoms with van der Waals surface area (Å²) in [6, 6.07) is 7.54.